The second-order valence-electron chi connectivity index (χ2n) is 5.74. The van der Waals surface area contributed by atoms with E-state index in [0.29, 0.717) is 39.7 Å². The van der Waals surface area contributed by atoms with Gasteiger partial charge in [-0.2, -0.15) is 0 Å². The number of nitrogens with zero attached hydrogens (tertiary/aromatic N) is 2. The molecule has 1 aromatic heterocycles. The molecule has 0 aliphatic carbocycles. The highest BCUT2D eigenvalue weighted by molar-refractivity contribution is 6.35. The predicted molar refractivity (Wildman–Crippen MR) is 107 cm³/mol. The molecule has 0 unspecified atom stereocenters. The van der Waals surface area contributed by atoms with E-state index in [0.717, 1.165) is 17.0 Å². The molecule has 8 heteroatoms. The lowest BCUT2D eigenvalue weighted by Crippen LogP contribution is -2.45. The smallest absolute Gasteiger partial charge is 0.331 e. The third-order valence-electron chi connectivity index (χ3n) is 3.91. The van der Waals surface area contributed by atoms with E-state index in [-0.39, 0.29) is 0 Å². The lowest BCUT2D eigenvalue weighted by molar-refractivity contribution is -0.900. The second-order valence-corrected chi connectivity index (χ2v) is 7.43. The molecule has 142 valence electrons. The number of aromatic nitrogens is 2. The van der Waals surface area contributed by atoms with Crippen LogP contribution in [0.5, 0.6) is 0 Å². The summed E-state index contributed by atoms with van der Waals surface area (Å²) >= 11 is 24.2. The van der Waals surface area contributed by atoms with Gasteiger partial charge >= 0.3 is 5.82 Å². The number of rotatable bonds is 7. The summed E-state index contributed by atoms with van der Waals surface area (Å²) in [6.45, 7) is 2.63. The molecule has 0 spiro atoms. The summed E-state index contributed by atoms with van der Waals surface area (Å²) in [6, 6.07) is 10.6. The molecule has 0 aliphatic rings. The molecule has 0 radical (unpaired) electrons. The van der Waals surface area contributed by atoms with Gasteiger partial charge in [-0.1, -0.05) is 65.5 Å². The lowest BCUT2D eigenvalue weighted by Gasteiger charge is -2.07. The molecule has 27 heavy (non-hydrogen) atoms. The zero-order valence-electron chi connectivity index (χ0n) is 14.5. The summed E-state index contributed by atoms with van der Waals surface area (Å²) in [5.74, 6) is 0.838. The van der Waals surface area contributed by atoms with Crippen molar-refractivity contribution >= 4 is 46.4 Å². The van der Waals surface area contributed by atoms with Crippen molar-refractivity contribution in [2.75, 3.05) is 0 Å². The summed E-state index contributed by atoms with van der Waals surface area (Å²) in [5, 5.41) is 2.31. The van der Waals surface area contributed by atoms with Crippen LogP contribution in [0.2, 0.25) is 20.1 Å². The van der Waals surface area contributed by atoms with Gasteiger partial charge in [-0.25, -0.2) is 0 Å². The first-order valence-electron chi connectivity index (χ1n) is 8.24. The molecule has 0 atom stereocenters. The zero-order chi connectivity index (χ0) is 19.4. The van der Waals surface area contributed by atoms with Crippen LogP contribution in [0.25, 0.3) is 0 Å². The van der Waals surface area contributed by atoms with Gasteiger partial charge in [0.05, 0.1) is 6.42 Å². The highest BCUT2D eigenvalue weighted by atomic mass is 35.5. The zero-order valence-corrected chi connectivity index (χ0v) is 17.5. The Labute approximate surface area is 177 Å². The summed E-state index contributed by atoms with van der Waals surface area (Å²) in [5.41, 5.74) is 1.69. The van der Waals surface area contributed by atoms with Gasteiger partial charge in [0.25, 0.3) is 0 Å². The van der Waals surface area contributed by atoms with Crippen LogP contribution in [0, 0.1) is 0 Å². The molecule has 2 aromatic carbocycles. The summed E-state index contributed by atoms with van der Waals surface area (Å²) in [6.07, 6.45) is 4.27. The Hall–Kier alpha value is -1.59. The Morgan fingerprint density at radius 1 is 0.889 bits per heavy atom. The molecule has 0 saturated heterocycles. The molecule has 3 aromatic rings. The van der Waals surface area contributed by atoms with Crippen LogP contribution in [0.15, 0.2) is 48.8 Å². The van der Waals surface area contributed by atoms with Crippen molar-refractivity contribution in [1.29, 1.82) is 0 Å². The van der Waals surface area contributed by atoms with Gasteiger partial charge in [-0.05, 0) is 33.7 Å². The average Bonchev–Trinajstić information content (AvgIpc) is 3.02. The minimum absolute atomic E-state index is 0.306. The maximum Gasteiger partial charge on any atom is 0.334 e. The monoisotopic (exact) mass is 445 g/mol. The van der Waals surface area contributed by atoms with Crippen molar-refractivity contribution in [3.05, 3.63) is 85.8 Å². The van der Waals surface area contributed by atoms with Crippen LogP contribution in [0.1, 0.15) is 23.9 Å². The molecule has 0 saturated carbocycles. The first kappa shape index (κ1) is 20.2. The topological polar surface area (TPSA) is 27.3 Å². The van der Waals surface area contributed by atoms with Crippen molar-refractivity contribution < 1.29 is 14.4 Å². The lowest BCUT2D eigenvalue weighted by atomic mass is 10.2. The Bertz CT molecular complexity index is 870. The maximum absolute atomic E-state index is 6.19. The molecule has 0 aliphatic heterocycles. The standard InChI is InChI=1S/C19H17Cl4N2O2/c1-2-19-24(26-11-13-3-5-15(20)9-17(13)22)7-8-25(19)27-12-14-4-6-16(21)10-18(14)23/h3-10H,2,11-12H2,1H3/q+1. The number of halogens is 4. The summed E-state index contributed by atoms with van der Waals surface area (Å²) < 4.78 is 3.32. The Morgan fingerprint density at radius 3 is 2.04 bits per heavy atom. The Kier molecular flexibility index (Phi) is 6.77. The van der Waals surface area contributed by atoms with Crippen molar-refractivity contribution in [3.8, 4) is 0 Å². The van der Waals surface area contributed by atoms with E-state index in [1.165, 1.54) is 0 Å². The first-order chi connectivity index (χ1) is 13.0. The molecule has 3 rings (SSSR count). The van der Waals surface area contributed by atoms with E-state index in [1.807, 2.05) is 19.1 Å². The molecule has 0 N–H and O–H groups in total. The fourth-order valence-electron chi connectivity index (χ4n) is 2.49. The molecule has 0 amide bonds. The van der Waals surface area contributed by atoms with Crippen LogP contribution in [0.3, 0.4) is 0 Å². The number of imidazole rings is 1. The van der Waals surface area contributed by atoms with E-state index in [2.05, 4.69) is 0 Å². The minimum Gasteiger partial charge on any atom is -0.331 e. The van der Waals surface area contributed by atoms with E-state index in [4.69, 9.17) is 56.1 Å². The fraction of sp³-hybridized carbons (Fsp3) is 0.211. The number of benzene rings is 2. The quantitative estimate of drug-likeness (QED) is 0.466. The highest BCUT2D eigenvalue weighted by Gasteiger charge is 2.19. The average molecular weight is 447 g/mol. The second kappa shape index (κ2) is 9.07. The van der Waals surface area contributed by atoms with Crippen molar-refractivity contribution in [2.24, 2.45) is 0 Å². The molecule has 1 heterocycles. The molecular weight excluding hydrogens is 430 g/mol. The van der Waals surface area contributed by atoms with E-state index in [9.17, 15) is 0 Å². The highest BCUT2D eigenvalue weighted by Crippen LogP contribution is 2.22. The van der Waals surface area contributed by atoms with Gasteiger partial charge in [0.15, 0.2) is 25.6 Å². The maximum atomic E-state index is 6.19. The Morgan fingerprint density at radius 2 is 1.48 bits per heavy atom. The molecule has 4 nitrogen and oxygen atoms in total. The van der Waals surface area contributed by atoms with Crippen LogP contribution in [0.4, 0.5) is 0 Å². The third-order valence-corrected chi connectivity index (χ3v) is 5.08. The third kappa shape index (κ3) is 5.02. The number of hydrogen-bond donors (Lipinski definition) is 0. The van der Waals surface area contributed by atoms with Crippen LogP contribution in [-0.4, -0.2) is 4.73 Å². The summed E-state index contributed by atoms with van der Waals surface area (Å²) in [4.78, 5) is 11.7. The van der Waals surface area contributed by atoms with Gasteiger partial charge in [0.2, 0.25) is 0 Å². The minimum atomic E-state index is 0.306. The van der Waals surface area contributed by atoms with Gasteiger partial charge in [0.1, 0.15) is 0 Å². The molecule has 0 fully saturated rings. The van der Waals surface area contributed by atoms with Crippen molar-refractivity contribution in [3.63, 3.8) is 0 Å². The normalized spacial score (nSPS) is 10.9. The molecular formula is C19H17Cl4N2O2+. The van der Waals surface area contributed by atoms with E-state index < -0.39 is 0 Å². The van der Waals surface area contributed by atoms with Crippen molar-refractivity contribution in [1.82, 2.24) is 4.73 Å². The van der Waals surface area contributed by atoms with Gasteiger partial charge in [-0.15, -0.1) is 0 Å². The van der Waals surface area contributed by atoms with E-state index in [1.54, 1.807) is 46.1 Å². The van der Waals surface area contributed by atoms with Gasteiger partial charge < -0.3 is 9.68 Å². The van der Waals surface area contributed by atoms with E-state index >= 15 is 0 Å². The molecule has 0 bridgehead atoms. The largest absolute Gasteiger partial charge is 0.334 e. The Balaban J connectivity index is 1.68. The predicted octanol–water partition coefficient (Wildman–Crippen LogP) is 5.21. The van der Waals surface area contributed by atoms with Gasteiger partial charge in [0, 0.05) is 31.2 Å². The summed E-state index contributed by atoms with van der Waals surface area (Å²) in [7, 11) is 0. The van der Waals surface area contributed by atoms with Crippen molar-refractivity contribution in [2.45, 2.75) is 26.6 Å². The van der Waals surface area contributed by atoms with Gasteiger partial charge in [-0.3, -0.25) is 0 Å². The first-order valence-corrected chi connectivity index (χ1v) is 9.75. The van der Waals surface area contributed by atoms with Crippen LogP contribution in [-0.2, 0) is 19.6 Å². The van der Waals surface area contributed by atoms with Crippen LogP contribution >= 0.6 is 46.4 Å². The van der Waals surface area contributed by atoms with Crippen LogP contribution < -0.4 is 14.4 Å². The number of hydrogen-bond acceptors (Lipinski definition) is 2. The SMILES string of the molecule is CCc1n(OCc2ccc(Cl)cc2Cl)cc[n+]1OCc1ccc(Cl)cc1Cl. The fourth-order valence-corrected chi connectivity index (χ4v) is 3.42.